The summed E-state index contributed by atoms with van der Waals surface area (Å²) in [5, 5.41) is 7.03. The first-order valence-electron chi connectivity index (χ1n) is 10.3. The van der Waals surface area contributed by atoms with Crippen molar-refractivity contribution in [3.8, 4) is 0 Å². The maximum Gasteiger partial charge on any atom is 0.191 e. The Balaban J connectivity index is 0.00000243. The minimum absolute atomic E-state index is 0. The van der Waals surface area contributed by atoms with Gasteiger partial charge in [0.2, 0.25) is 0 Å². The zero-order valence-corrected chi connectivity index (χ0v) is 19.3. The predicted octanol–water partition coefficient (Wildman–Crippen LogP) is 1.42. The topological polar surface area (TPSA) is 46.1 Å². The highest BCUT2D eigenvalue weighted by Gasteiger charge is 2.32. The van der Waals surface area contributed by atoms with Crippen LogP contribution in [0.4, 0.5) is 0 Å². The van der Waals surface area contributed by atoms with Crippen LogP contribution in [0.2, 0.25) is 0 Å². The van der Waals surface area contributed by atoms with Crippen molar-refractivity contribution in [1.82, 2.24) is 25.3 Å². The third-order valence-electron chi connectivity index (χ3n) is 6.08. The van der Waals surface area contributed by atoms with Crippen LogP contribution >= 0.6 is 24.0 Å². The van der Waals surface area contributed by atoms with E-state index < -0.39 is 0 Å². The molecule has 4 fully saturated rings. The van der Waals surface area contributed by atoms with Gasteiger partial charge in [-0.05, 0) is 46.7 Å². The van der Waals surface area contributed by atoms with E-state index in [9.17, 15) is 0 Å². The molecule has 0 saturated carbocycles. The van der Waals surface area contributed by atoms with Crippen molar-refractivity contribution in [3.63, 3.8) is 0 Å². The van der Waals surface area contributed by atoms with Gasteiger partial charge in [0.05, 0.1) is 6.54 Å². The summed E-state index contributed by atoms with van der Waals surface area (Å²) in [6.07, 6.45) is 4.05. The number of likely N-dealkylation sites (tertiary alicyclic amines) is 1. The Morgan fingerprint density at radius 3 is 2.27 bits per heavy atom. The highest BCUT2D eigenvalue weighted by atomic mass is 127. The summed E-state index contributed by atoms with van der Waals surface area (Å²) >= 11 is 0. The SMILES string of the molecule is CCNC(=NCC(C)(C)N1CCCCC1)NCC1CN2CCN1CC2.I. The molecule has 0 radical (unpaired) electrons. The standard InChI is InChI=1S/C19H38N6.HI/c1-4-20-18(21-14-17-15-23-10-12-24(17)13-11-23)22-16-19(2,3)25-8-6-5-7-9-25;/h17H,4-16H2,1-3H3,(H2,20,21,22);1H. The Bertz CT molecular complexity index is 441. The normalized spacial score (nSPS) is 30.0. The zero-order chi connectivity index (χ0) is 17.7. The lowest BCUT2D eigenvalue weighted by molar-refractivity contribution is 0.0154. The molecule has 0 aromatic carbocycles. The first-order valence-corrected chi connectivity index (χ1v) is 10.3. The molecule has 4 saturated heterocycles. The summed E-state index contributed by atoms with van der Waals surface area (Å²) in [5.41, 5.74) is 0.141. The average molecular weight is 478 g/mol. The van der Waals surface area contributed by atoms with Crippen LogP contribution in [-0.4, -0.2) is 97.7 Å². The molecule has 0 spiro atoms. The Morgan fingerprint density at radius 2 is 1.69 bits per heavy atom. The maximum absolute atomic E-state index is 4.93. The van der Waals surface area contributed by atoms with Gasteiger partial charge in [-0.25, -0.2) is 0 Å². The highest BCUT2D eigenvalue weighted by molar-refractivity contribution is 14.0. The van der Waals surface area contributed by atoms with Crippen LogP contribution in [0.15, 0.2) is 4.99 Å². The van der Waals surface area contributed by atoms with Gasteiger partial charge in [0.1, 0.15) is 0 Å². The molecule has 26 heavy (non-hydrogen) atoms. The monoisotopic (exact) mass is 478 g/mol. The fraction of sp³-hybridized carbons (Fsp3) is 0.947. The number of halogens is 1. The molecule has 0 aromatic heterocycles. The summed E-state index contributed by atoms with van der Waals surface area (Å²) in [6, 6.07) is 0.626. The molecule has 1 atom stereocenters. The van der Waals surface area contributed by atoms with Crippen LogP contribution in [0.3, 0.4) is 0 Å². The van der Waals surface area contributed by atoms with E-state index in [1.165, 1.54) is 65.1 Å². The van der Waals surface area contributed by atoms with E-state index in [-0.39, 0.29) is 29.5 Å². The zero-order valence-electron chi connectivity index (χ0n) is 17.0. The smallest absolute Gasteiger partial charge is 0.191 e. The van der Waals surface area contributed by atoms with E-state index >= 15 is 0 Å². The maximum atomic E-state index is 4.93. The fourth-order valence-corrected chi connectivity index (χ4v) is 4.35. The van der Waals surface area contributed by atoms with Crippen molar-refractivity contribution in [3.05, 3.63) is 0 Å². The molecule has 2 N–H and O–H groups in total. The number of guanidine groups is 1. The van der Waals surface area contributed by atoms with Crippen molar-refractivity contribution in [2.45, 2.75) is 51.6 Å². The lowest BCUT2D eigenvalue weighted by Gasteiger charge is -2.47. The third-order valence-corrected chi connectivity index (χ3v) is 6.08. The molecule has 4 aliphatic rings. The van der Waals surface area contributed by atoms with E-state index in [0.717, 1.165) is 25.6 Å². The summed E-state index contributed by atoms with van der Waals surface area (Å²) in [4.78, 5) is 12.8. The Labute approximate surface area is 177 Å². The highest BCUT2D eigenvalue weighted by Crippen LogP contribution is 2.21. The van der Waals surface area contributed by atoms with Crippen LogP contribution in [0.25, 0.3) is 0 Å². The van der Waals surface area contributed by atoms with Gasteiger partial charge in [0.15, 0.2) is 5.96 Å². The van der Waals surface area contributed by atoms with Crippen LogP contribution in [-0.2, 0) is 0 Å². The van der Waals surface area contributed by atoms with E-state index in [0.29, 0.717) is 6.04 Å². The third kappa shape index (κ3) is 5.94. The average Bonchev–Trinajstić information content (AvgIpc) is 2.66. The molecule has 0 aliphatic carbocycles. The second kappa shape index (κ2) is 10.4. The van der Waals surface area contributed by atoms with E-state index in [2.05, 4.69) is 46.1 Å². The lowest BCUT2D eigenvalue weighted by atomic mass is 9.99. The van der Waals surface area contributed by atoms with E-state index in [1.54, 1.807) is 0 Å². The fourth-order valence-electron chi connectivity index (χ4n) is 4.35. The Hall–Kier alpha value is -0.120. The molecular formula is C19H39IN6. The minimum atomic E-state index is 0. The van der Waals surface area contributed by atoms with Gasteiger partial charge in [0.25, 0.3) is 0 Å². The van der Waals surface area contributed by atoms with Crippen LogP contribution in [0.5, 0.6) is 0 Å². The summed E-state index contributed by atoms with van der Waals surface area (Å²) < 4.78 is 0. The molecular weight excluding hydrogens is 439 g/mol. The number of fused-ring (bicyclic) bond motifs is 3. The van der Waals surface area contributed by atoms with Gasteiger partial charge in [-0.3, -0.25) is 19.7 Å². The minimum Gasteiger partial charge on any atom is -0.357 e. The molecule has 4 rings (SSSR count). The molecule has 4 aliphatic heterocycles. The van der Waals surface area contributed by atoms with Gasteiger partial charge in [-0.15, -0.1) is 24.0 Å². The van der Waals surface area contributed by atoms with Gasteiger partial charge in [-0.2, -0.15) is 0 Å². The second-order valence-corrected chi connectivity index (χ2v) is 8.43. The molecule has 7 heteroatoms. The summed E-state index contributed by atoms with van der Waals surface area (Å²) in [7, 11) is 0. The molecule has 0 amide bonds. The number of piperidine rings is 1. The van der Waals surface area contributed by atoms with Crippen molar-refractivity contribution in [1.29, 1.82) is 0 Å². The first-order chi connectivity index (χ1) is 12.1. The summed E-state index contributed by atoms with van der Waals surface area (Å²) in [5.74, 6) is 0.977. The lowest BCUT2D eigenvalue weighted by Crippen LogP contribution is -2.63. The van der Waals surface area contributed by atoms with Crippen molar-refractivity contribution in [2.24, 2.45) is 4.99 Å². The molecule has 2 bridgehead atoms. The predicted molar refractivity (Wildman–Crippen MR) is 121 cm³/mol. The van der Waals surface area contributed by atoms with Crippen LogP contribution < -0.4 is 10.6 Å². The van der Waals surface area contributed by atoms with Gasteiger partial charge >= 0.3 is 0 Å². The number of aliphatic imine (C=N–C) groups is 1. The number of nitrogens with zero attached hydrogens (tertiary/aromatic N) is 4. The quantitative estimate of drug-likeness (QED) is 0.344. The molecule has 6 nitrogen and oxygen atoms in total. The second-order valence-electron chi connectivity index (χ2n) is 8.43. The van der Waals surface area contributed by atoms with Gasteiger partial charge in [-0.1, -0.05) is 6.42 Å². The molecule has 0 aromatic rings. The Morgan fingerprint density at radius 1 is 1.00 bits per heavy atom. The van der Waals surface area contributed by atoms with Crippen molar-refractivity contribution < 1.29 is 0 Å². The van der Waals surface area contributed by atoms with E-state index in [4.69, 9.17) is 4.99 Å². The summed E-state index contributed by atoms with van der Waals surface area (Å²) in [6.45, 7) is 18.2. The number of nitrogens with one attached hydrogen (secondary N) is 2. The van der Waals surface area contributed by atoms with Crippen molar-refractivity contribution in [2.75, 3.05) is 65.4 Å². The van der Waals surface area contributed by atoms with Crippen LogP contribution in [0.1, 0.15) is 40.0 Å². The number of hydrogen-bond acceptors (Lipinski definition) is 4. The molecule has 152 valence electrons. The molecule has 4 heterocycles. The largest absolute Gasteiger partial charge is 0.357 e. The van der Waals surface area contributed by atoms with Gasteiger partial charge in [0, 0.05) is 57.4 Å². The number of rotatable bonds is 6. The number of hydrogen-bond donors (Lipinski definition) is 2. The molecule has 1 unspecified atom stereocenters. The van der Waals surface area contributed by atoms with Crippen LogP contribution in [0, 0.1) is 0 Å². The van der Waals surface area contributed by atoms with E-state index in [1.807, 2.05) is 0 Å². The Kier molecular flexibility index (Phi) is 8.90. The van der Waals surface area contributed by atoms with Crippen molar-refractivity contribution >= 4 is 29.9 Å². The van der Waals surface area contributed by atoms with Gasteiger partial charge < -0.3 is 10.6 Å². The first kappa shape index (κ1) is 22.2. The number of piperazine rings is 3.